The first-order valence-electron chi connectivity index (χ1n) is 5.26. The fourth-order valence-electron chi connectivity index (χ4n) is 1.90. The van der Waals surface area contributed by atoms with E-state index in [1.54, 1.807) is 0 Å². The molecule has 1 fully saturated rings. The number of ether oxygens (including phenoxy) is 1. The van der Waals surface area contributed by atoms with Crippen LogP contribution in [0.15, 0.2) is 12.7 Å². The molecule has 80 valence electrons. The quantitative estimate of drug-likeness (QED) is 0.546. The van der Waals surface area contributed by atoms with Crippen molar-refractivity contribution in [3.05, 3.63) is 12.7 Å². The first kappa shape index (κ1) is 11.2. The van der Waals surface area contributed by atoms with E-state index in [-0.39, 0.29) is 5.97 Å². The van der Waals surface area contributed by atoms with E-state index in [9.17, 15) is 4.79 Å². The van der Waals surface area contributed by atoms with E-state index in [0.29, 0.717) is 24.9 Å². The second-order valence-corrected chi connectivity index (χ2v) is 3.66. The summed E-state index contributed by atoms with van der Waals surface area (Å²) in [5.41, 5.74) is 0. The Bertz CT molecular complexity index is 203. The molecule has 0 aromatic carbocycles. The fraction of sp³-hybridized carbons (Fsp3) is 0.727. The fourth-order valence-corrected chi connectivity index (χ4v) is 1.90. The Kier molecular flexibility index (Phi) is 4.66. The van der Waals surface area contributed by atoms with Crippen LogP contribution < -0.4 is 5.32 Å². The number of rotatable bonds is 4. The van der Waals surface area contributed by atoms with Gasteiger partial charge in [0.15, 0.2) is 0 Å². The molecule has 0 aliphatic carbocycles. The summed E-state index contributed by atoms with van der Waals surface area (Å²) in [5.74, 6) is 0.743. The van der Waals surface area contributed by atoms with Crippen molar-refractivity contribution >= 4 is 5.97 Å². The summed E-state index contributed by atoms with van der Waals surface area (Å²) in [5, 5.41) is 3.30. The smallest absolute Gasteiger partial charge is 0.306 e. The van der Waals surface area contributed by atoms with Crippen LogP contribution in [-0.4, -0.2) is 25.7 Å². The molecule has 0 bridgehead atoms. The molecule has 0 spiro atoms. The molecule has 3 heteroatoms. The highest BCUT2D eigenvalue weighted by molar-refractivity contribution is 5.69. The number of carbonyl (C=O) groups excluding carboxylic acids is 1. The van der Waals surface area contributed by atoms with E-state index in [4.69, 9.17) is 4.74 Å². The lowest BCUT2D eigenvalue weighted by Gasteiger charge is -2.29. The second-order valence-electron chi connectivity index (χ2n) is 3.66. The maximum Gasteiger partial charge on any atom is 0.306 e. The van der Waals surface area contributed by atoms with Gasteiger partial charge >= 0.3 is 5.97 Å². The van der Waals surface area contributed by atoms with Gasteiger partial charge in [0, 0.05) is 13.0 Å². The highest BCUT2D eigenvalue weighted by Crippen LogP contribution is 2.23. The lowest BCUT2D eigenvalue weighted by Crippen LogP contribution is -2.36. The number of hydrogen-bond donors (Lipinski definition) is 1. The van der Waals surface area contributed by atoms with Crippen LogP contribution in [0.4, 0.5) is 0 Å². The van der Waals surface area contributed by atoms with Gasteiger partial charge in [-0.25, -0.2) is 0 Å². The predicted octanol–water partition coefficient (Wildman–Crippen LogP) is 1.35. The third-order valence-electron chi connectivity index (χ3n) is 2.71. The zero-order valence-electron chi connectivity index (χ0n) is 8.79. The van der Waals surface area contributed by atoms with Crippen molar-refractivity contribution in [1.29, 1.82) is 0 Å². The van der Waals surface area contributed by atoms with E-state index < -0.39 is 0 Å². The van der Waals surface area contributed by atoms with Crippen molar-refractivity contribution in [1.82, 2.24) is 5.32 Å². The maximum atomic E-state index is 11.3. The molecule has 2 atom stereocenters. The van der Waals surface area contributed by atoms with Crippen molar-refractivity contribution in [3.63, 3.8) is 0 Å². The third kappa shape index (κ3) is 3.14. The molecule has 1 saturated heterocycles. The van der Waals surface area contributed by atoms with Crippen LogP contribution in [0.1, 0.15) is 19.8 Å². The Labute approximate surface area is 85.5 Å². The maximum absolute atomic E-state index is 11.3. The number of carbonyl (C=O) groups is 1. The molecule has 0 unspecified atom stereocenters. The Morgan fingerprint density at radius 1 is 1.71 bits per heavy atom. The number of hydrogen-bond acceptors (Lipinski definition) is 3. The summed E-state index contributed by atoms with van der Waals surface area (Å²) in [6.45, 7) is 8.04. The Balaban J connectivity index is 2.39. The molecule has 1 rings (SSSR count). The summed E-state index contributed by atoms with van der Waals surface area (Å²) in [4.78, 5) is 11.3. The van der Waals surface area contributed by atoms with Crippen molar-refractivity contribution in [3.8, 4) is 0 Å². The van der Waals surface area contributed by atoms with Gasteiger partial charge in [-0.1, -0.05) is 6.08 Å². The average molecular weight is 197 g/mol. The van der Waals surface area contributed by atoms with Gasteiger partial charge in [-0.3, -0.25) is 4.79 Å². The van der Waals surface area contributed by atoms with Crippen LogP contribution >= 0.6 is 0 Å². The molecule has 0 aromatic rings. The van der Waals surface area contributed by atoms with Crippen LogP contribution in [0.5, 0.6) is 0 Å². The largest absolute Gasteiger partial charge is 0.466 e. The Morgan fingerprint density at radius 3 is 3.14 bits per heavy atom. The van der Waals surface area contributed by atoms with Crippen molar-refractivity contribution < 1.29 is 9.53 Å². The number of esters is 1. The molecule has 0 aromatic heterocycles. The van der Waals surface area contributed by atoms with Gasteiger partial charge in [0.1, 0.15) is 0 Å². The van der Waals surface area contributed by atoms with Gasteiger partial charge in [-0.05, 0) is 31.7 Å². The van der Waals surface area contributed by atoms with E-state index in [2.05, 4.69) is 11.9 Å². The van der Waals surface area contributed by atoms with E-state index in [1.165, 1.54) is 0 Å². The second kappa shape index (κ2) is 5.81. The van der Waals surface area contributed by atoms with Crippen LogP contribution in [-0.2, 0) is 9.53 Å². The van der Waals surface area contributed by atoms with Crippen molar-refractivity contribution in [2.45, 2.75) is 19.8 Å². The highest BCUT2D eigenvalue weighted by Gasteiger charge is 2.24. The standard InChI is InChI=1S/C11H19NO2/c1-3-9-8-12-6-5-10(9)7-11(13)14-4-2/h3,9-10,12H,1,4-8H2,2H3/t9-,10-/m1/s1. The summed E-state index contributed by atoms with van der Waals surface area (Å²) in [6.07, 6.45) is 3.51. The van der Waals surface area contributed by atoms with Gasteiger partial charge < -0.3 is 10.1 Å². The molecular weight excluding hydrogens is 178 g/mol. The van der Waals surface area contributed by atoms with E-state index >= 15 is 0 Å². The topological polar surface area (TPSA) is 38.3 Å². The molecule has 1 N–H and O–H groups in total. The van der Waals surface area contributed by atoms with Crippen LogP contribution in [0.3, 0.4) is 0 Å². The summed E-state index contributed by atoms with van der Waals surface area (Å²) in [6, 6.07) is 0. The molecule has 14 heavy (non-hydrogen) atoms. The minimum atomic E-state index is -0.0775. The van der Waals surface area contributed by atoms with Crippen LogP contribution in [0, 0.1) is 11.8 Å². The average Bonchev–Trinajstić information content (AvgIpc) is 2.19. The molecule has 0 amide bonds. The lowest BCUT2D eigenvalue weighted by atomic mass is 9.84. The summed E-state index contributed by atoms with van der Waals surface area (Å²) in [7, 11) is 0. The molecular formula is C11H19NO2. The van der Waals surface area contributed by atoms with Crippen molar-refractivity contribution in [2.24, 2.45) is 11.8 Å². The van der Waals surface area contributed by atoms with Gasteiger partial charge in [-0.2, -0.15) is 0 Å². The lowest BCUT2D eigenvalue weighted by molar-refractivity contribution is -0.144. The molecule has 1 heterocycles. The molecule has 3 nitrogen and oxygen atoms in total. The minimum absolute atomic E-state index is 0.0775. The molecule has 0 saturated carbocycles. The summed E-state index contributed by atoms with van der Waals surface area (Å²) < 4.78 is 4.94. The highest BCUT2D eigenvalue weighted by atomic mass is 16.5. The Morgan fingerprint density at radius 2 is 2.50 bits per heavy atom. The normalized spacial score (nSPS) is 26.9. The Hall–Kier alpha value is -0.830. The SMILES string of the molecule is C=C[C@@H]1CNCC[C@@H]1CC(=O)OCC. The summed E-state index contributed by atoms with van der Waals surface area (Å²) >= 11 is 0. The third-order valence-corrected chi connectivity index (χ3v) is 2.71. The van der Waals surface area contributed by atoms with Gasteiger partial charge in [0.25, 0.3) is 0 Å². The van der Waals surface area contributed by atoms with Gasteiger partial charge in [0.2, 0.25) is 0 Å². The van der Waals surface area contributed by atoms with E-state index in [0.717, 1.165) is 19.5 Å². The predicted molar refractivity (Wildman–Crippen MR) is 55.9 cm³/mol. The monoisotopic (exact) mass is 197 g/mol. The van der Waals surface area contributed by atoms with Gasteiger partial charge in [-0.15, -0.1) is 6.58 Å². The van der Waals surface area contributed by atoms with Crippen molar-refractivity contribution in [2.75, 3.05) is 19.7 Å². The van der Waals surface area contributed by atoms with E-state index in [1.807, 2.05) is 13.0 Å². The van der Waals surface area contributed by atoms with Crippen LogP contribution in [0.2, 0.25) is 0 Å². The molecule has 1 aliphatic rings. The number of piperidine rings is 1. The zero-order chi connectivity index (χ0) is 10.4. The zero-order valence-corrected chi connectivity index (χ0v) is 8.79. The van der Waals surface area contributed by atoms with Gasteiger partial charge in [0.05, 0.1) is 6.61 Å². The first-order valence-corrected chi connectivity index (χ1v) is 5.26. The number of nitrogens with one attached hydrogen (secondary N) is 1. The molecule has 0 radical (unpaired) electrons. The molecule has 1 aliphatic heterocycles. The minimum Gasteiger partial charge on any atom is -0.466 e. The van der Waals surface area contributed by atoms with Crippen LogP contribution in [0.25, 0.3) is 0 Å². The first-order chi connectivity index (χ1) is 6.77.